The van der Waals surface area contributed by atoms with Gasteiger partial charge in [-0.1, -0.05) is 36.0 Å². The molecule has 1 atom stereocenters. The fraction of sp³-hybridized carbons (Fsp3) is 0.409. The molecule has 0 fully saturated rings. The molecule has 1 aliphatic heterocycles. The van der Waals surface area contributed by atoms with Crippen molar-refractivity contribution in [2.45, 2.75) is 51.4 Å². The standard InChI is InChI=1S/C22H25N5O3S/c1-13-18(14(2)27-21(23-13)24-22(25-27)31-4)11-19(28)30-15(3)20(29)26-10-9-16-7-5-6-8-17(16)12-26/h5-8,15H,9-12H2,1-4H3/t15-/m1/s1. The van der Waals surface area contributed by atoms with Crippen molar-refractivity contribution < 1.29 is 14.3 Å². The summed E-state index contributed by atoms with van der Waals surface area (Å²) in [5.41, 5.74) is 4.64. The van der Waals surface area contributed by atoms with Crippen molar-refractivity contribution in [3.8, 4) is 0 Å². The second kappa shape index (κ2) is 8.66. The molecule has 0 bridgehead atoms. The fourth-order valence-corrected chi connectivity index (χ4v) is 4.24. The van der Waals surface area contributed by atoms with Crippen LogP contribution in [0.1, 0.15) is 35.0 Å². The maximum absolute atomic E-state index is 12.9. The summed E-state index contributed by atoms with van der Waals surface area (Å²) in [4.78, 5) is 36.1. The maximum Gasteiger partial charge on any atom is 0.311 e. The smallest absolute Gasteiger partial charge is 0.311 e. The molecule has 2 aromatic heterocycles. The van der Waals surface area contributed by atoms with Crippen molar-refractivity contribution in [3.05, 3.63) is 52.3 Å². The predicted octanol–water partition coefficient (Wildman–Crippen LogP) is 2.52. The van der Waals surface area contributed by atoms with Crippen LogP contribution >= 0.6 is 11.8 Å². The molecule has 1 aromatic carbocycles. The summed E-state index contributed by atoms with van der Waals surface area (Å²) < 4.78 is 7.14. The molecule has 0 saturated carbocycles. The Kier molecular flexibility index (Phi) is 5.95. The van der Waals surface area contributed by atoms with Gasteiger partial charge in [-0.3, -0.25) is 9.59 Å². The van der Waals surface area contributed by atoms with E-state index in [1.807, 2.05) is 38.3 Å². The number of rotatable bonds is 5. The Morgan fingerprint density at radius 1 is 1.19 bits per heavy atom. The van der Waals surface area contributed by atoms with Crippen molar-refractivity contribution in [2.24, 2.45) is 0 Å². The van der Waals surface area contributed by atoms with E-state index in [4.69, 9.17) is 4.74 Å². The third-order valence-corrected chi connectivity index (χ3v) is 6.17. The van der Waals surface area contributed by atoms with E-state index >= 15 is 0 Å². The summed E-state index contributed by atoms with van der Waals surface area (Å²) in [5, 5.41) is 5.02. The highest BCUT2D eigenvalue weighted by Gasteiger charge is 2.27. The minimum absolute atomic E-state index is 0.0233. The van der Waals surface area contributed by atoms with Gasteiger partial charge in [0.15, 0.2) is 6.10 Å². The molecule has 0 spiro atoms. The monoisotopic (exact) mass is 439 g/mol. The van der Waals surface area contributed by atoms with Gasteiger partial charge in [-0.2, -0.15) is 4.98 Å². The summed E-state index contributed by atoms with van der Waals surface area (Å²) in [6.45, 7) is 6.51. The number of benzene rings is 1. The highest BCUT2D eigenvalue weighted by molar-refractivity contribution is 7.98. The van der Waals surface area contributed by atoms with E-state index in [0.717, 1.165) is 23.2 Å². The molecule has 0 aliphatic carbocycles. The molecule has 3 aromatic rings. The molecule has 1 aliphatic rings. The lowest BCUT2D eigenvalue weighted by atomic mass is 9.99. The van der Waals surface area contributed by atoms with Crippen LogP contribution in [-0.2, 0) is 33.7 Å². The van der Waals surface area contributed by atoms with Crippen LogP contribution in [-0.4, -0.2) is 55.3 Å². The number of carbonyl (C=O) groups excluding carboxylic acids is 2. The molecule has 0 saturated heterocycles. The first-order valence-electron chi connectivity index (χ1n) is 10.2. The van der Waals surface area contributed by atoms with Crippen LogP contribution in [0.2, 0.25) is 0 Å². The lowest BCUT2D eigenvalue weighted by molar-refractivity contribution is -0.159. The SMILES string of the molecule is CSc1nc2nc(C)c(CC(=O)O[C@H](C)C(=O)N3CCc4ccccc4C3)c(C)n2n1. The Balaban J connectivity index is 1.43. The summed E-state index contributed by atoms with van der Waals surface area (Å²) in [6.07, 6.45) is 1.89. The van der Waals surface area contributed by atoms with Crippen molar-refractivity contribution >= 4 is 29.4 Å². The average molecular weight is 440 g/mol. The topological polar surface area (TPSA) is 89.7 Å². The largest absolute Gasteiger partial charge is 0.452 e. The highest BCUT2D eigenvalue weighted by atomic mass is 32.2. The molecule has 31 heavy (non-hydrogen) atoms. The lowest BCUT2D eigenvalue weighted by Gasteiger charge is -2.30. The van der Waals surface area contributed by atoms with Crippen LogP contribution in [0.4, 0.5) is 0 Å². The van der Waals surface area contributed by atoms with E-state index in [0.29, 0.717) is 29.7 Å². The quantitative estimate of drug-likeness (QED) is 0.446. The molecule has 8 nitrogen and oxygen atoms in total. The molecule has 4 rings (SSSR count). The van der Waals surface area contributed by atoms with E-state index in [-0.39, 0.29) is 12.3 Å². The van der Waals surface area contributed by atoms with Crippen LogP contribution < -0.4 is 0 Å². The average Bonchev–Trinajstić information content (AvgIpc) is 3.19. The maximum atomic E-state index is 12.9. The van der Waals surface area contributed by atoms with Crippen LogP contribution in [0.3, 0.4) is 0 Å². The molecule has 0 unspecified atom stereocenters. The summed E-state index contributed by atoms with van der Waals surface area (Å²) in [6, 6.07) is 8.11. The van der Waals surface area contributed by atoms with E-state index in [1.165, 1.54) is 17.3 Å². The fourth-order valence-electron chi connectivity index (χ4n) is 3.91. The first-order chi connectivity index (χ1) is 14.9. The number of hydrogen-bond donors (Lipinski definition) is 0. The molecule has 162 valence electrons. The molecule has 3 heterocycles. The summed E-state index contributed by atoms with van der Waals surface area (Å²) in [5.74, 6) is -0.132. The first kappa shape index (κ1) is 21.3. The van der Waals surface area contributed by atoms with Gasteiger partial charge in [0.25, 0.3) is 11.7 Å². The zero-order valence-corrected chi connectivity index (χ0v) is 18.9. The first-order valence-corrected chi connectivity index (χ1v) is 11.4. The molecule has 0 radical (unpaired) electrons. The molecular formula is C22H25N5O3S. The third-order valence-electron chi connectivity index (χ3n) is 5.63. The van der Waals surface area contributed by atoms with E-state index in [1.54, 1.807) is 16.3 Å². The normalized spacial score (nSPS) is 14.4. The van der Waals surface area contributed by atoms with Gasteiger partial charge in [0.2, 0.25) is 5.16 Å². The van der Waals surface area contributed by atoms with Gasteiger partial charge in [0, 0.05) is 30.0 Å². The molecular weight excluding hydrogens is 414 g/mol. The van der Waals surface area contributed by atoms with Gasteiger partial charge in [-0.25, -0.2) is 9.50 Å². The van der Waals surface area contributed by atoms with Gasteiger partial charge in [-0.05, 0) is 44.6 Å². The summed E-state index contributed by atoms with van der Waals surface area (Å²) in [7, 11) is 0. The van der Waals surface area contributed by atoms with E-state index in [2.05, 4.69) is 21.1 Å². The third kappa shape index (κ3) is 4.27. The Morgan fingerprint density at radius 3 is 2.68 bits per heavy atom. The Bertz CT molecular complexity index is 1160. The number of ether oxygens (including phenoxy) is 1. The number of thioether (sulfide) groups is 1. The molecule has 9 heteroatoms. The number of hydrogen-bond acceptors (Lipinski definition) is 7. The Hall–Kier alpha value is -2.94. The number of amides is 1. The van der Waals surface area contributed by atoms with Crippen LogP contribution in [0.15, 0.2) is 29.4 Å². The number of carbonyl (C=O) groups is 2. The zero-order chi connectivity index (χ0) is 22.1. The van der Waals surface area contributed by atoms with E-state index < -0.39 is 12.1 Å². The van der Waals surface area contributed by atoms with Gasteiger partial charge in [-0.15, -0.1) is 5.10 Å². The van der Waals surface area contributed by atoms with Crippen LogP contribution in [0.25, 0.3) is 5.78 Å². The number of nitrogens with zero attached hydrogens (tertiary/aromatic N) is 5. The van der Waals surface area contributed by atoms with Crippen molar-refractivity contribution in [2.75, 3.05) is 12.8 Å². The second-order valence-electron chi connectivity index (χ2n) is 7.66. The van der Waals surface area contributed by atoms with Crippen molar-refractivity contribution in [1.82, 2.24) is 24.5 Å². The van der Waals surface area contributed by atoms with Crippen molar-refractivity contribution in [1.29, 1.82) is 0 Å². The number of aromatic nitrogens is 4. The van der Waals surface area contributed by atoms with Gasteiger partial charge < -0.3 is 9.64 Å². The van der Waals surface area contributed by atoms with Gasteiger partial charge >= 0.3 is 5.97 Å². The minimum Gasteiger partial charge on any atom is -0.452 e. The van der Waals surface area contributed by atoms with E-state index in [9.17, 15) is 9.59 Å². The van der Waals surface area contributed by atoms with Crippen molar-refractivity contribution in [3.63, 3.8) is 0 Å². The van der Waals surface area contributed by atoms with Gasteiger partial charge in [0.05, 0.1) is 6.42 Å². The number of aryl methyl sites for hydroxylation is 2. The minimum atomic E-state index is -0.843. The molecule has 1 amide bonds. The number of esters is 1. The lowest BCUT2D eigenvalue weighted by Crippen LogP contribution is -2.42. The molecule has 0 N–H and O–H groups in total. The van der Waals surface area contributed by atoms with Crippen LogP contribution in [0, 0.1) is 13.8 Å². The van der Waals surface area contributed by atoms with Gasteiger partial charge in [0.1, 0.15) is 0 Å². The Morgan fingerprint density at radius 2 is 1.94 bits per heavy atom. The highest BCUT2D eigenvalue weighted by Crippen LogP contribution is 2.20. The zero-order valence-electron chi connectivity index (χ0n) is 18.1. The number of fused-ring (bicyclic) bond motifs is 2. The second-order valence-corrected chi connectivity index (χ2v) is 8.43. The summed E-state index contributed by atoms with van der Waals surface area (Å²) >= 11 is 1.43. The Labute approximate surface area is 185 Å². The predicted molar refractivity (Wildman–Crippen MR) is 117 cm³/mol. The van der Waals surface area contributed by atoms with Crippen LogP contribution in [0.5, 0.6) is 0 Å².